The average Bonchev–Trinajstić information content (AvgIpc) is 2.81. The first-order valence-electron chi connectivity index (χ1n) is 10.7. The van der Waals surface area contributed by atoms with Crippen molar-refractivity contribution in [1.82, 2.24) is 5.32 Å². The second-order valence-electron chi connectivity index (χ2n) is 9.04. The van der Waals surface area contributed by atoms with Crippen LogP contribution in [0, 0.1) is 22.9 Å². The highest BCUT2D eigenvalue weighted by Crippen LogP contribution is 2.50. The van der Waals surface area contributed by atoms with Gasteiger partial charge in [0.2, 0.25) is 5.82 Å². The third-order valence-corrected chi connectivity index (χ3v) is 6.99. The van der Waals surface area contributed by atoms with E-state index in [0.29, 0.717) is 23.9 Å². The maximum absolute atomic E-state index is 14.6. The minimum absolute atomic E-state index is 0.0776. The maximum atomic E-state index is 14.6. The summed E-state index contributed by atoms with van der Waals surface area (Å²) >= 11 is 0. The van der Waals surface area contributed by atoms with Gasteiger partial charge in [-0.25, -0.2) is 8.78 Å². The van der Waals surface area contributed by atoms with Crippen LogP contribution in [0.5, 0.6) is 11.5 Å². The Labute approximate surface area is 185 Å². The van der Waals surface area contributed by atoms with E-state index in [1.807, 2.05) is 0 Å². The summed E-state index contributed by atoms with van der Waals surface area (Å²) in [5, 5.41) is 2.68. The molecule has 3 N–H and O–H groups in total. The van der Waals surface area contributed by atoms with Crippen molar-refractivity contribution in [1.29, 1.82) is 0 Å². The van der Waals surface area contributed by atoms with Gasteiger partial charge in [0.05, 0.1) is 12.7 Å². The second-order valence-corrected chi connectivity index (χ2v) is 9.04. The Morgan fingerprint density at radius 3 is 2.25 bits per heavy atom. The molecular weight excluding hydrogens is 421 g/mol. The fourth-order valence-corrected chi connectivity index (χ4v) is 4.67. The fraction of sp³-hybridized carbons (Fsp3) is 0.458. The van der Waals surface area contributed by atoms with E-state index in [9.17, 15) is 18.0 Å². The van der Waals surface area contributed by atoms with Crippen LogP contribution in [0.1, 0.15) is 54.4 Å². The Bertz CT molecular complexity index is 986. The molecule has 5 rings (SSSR count). The minimum atomic E-state index is -1.52. The summed E-state index contributed by atoms with van der Waals surface area (Å²) < 4.78 is 53.9. The summed E-state index contributed by atoms with van der Waals surface area (Å²) in [6.45, 7) is 0.161. The lowest BCUT2D eigenvalue weighted by atomic mass is 9.57. The standard InChI is InChI=1S/C24H27F3N2O3/c1-31-16-4-2-15(3-5-16)13-32-21-18(25)12-17(19(26)20(21)27)22(30)29-14-23-6-9-24(28,10-7-23)11-8-23/h2-5,12H,6-11,13-14,28H2,1H3,(H,29,30)/t23-,24+. The molecule has 0 aromatic heterocycles. The smallest absolute Gasteiger partial charge is 0.254 e. The molecule has 2 bridgehead atoms. The van der Waals surface area contributed by atoms with E-state index in [1.165, 1.54) is 7.11 Å². The van der Waals surface area contributed by atoms with Gasteiger partial charge in [-0.3, -0.25) is 4.79 Å². The molecular formula is C24H27F3N2O3. The van der Waals surface area contributed by atoms with Gasteiger partial charge in [0.1, 0.15) is 12.4 Å². The van der Waals surface area contributed by atoms with Crippen molar-refractivity contribution in [2.24, 2.45) is 11.1 Å². The van der Waals surface area contributed by atoms with Crippen LogP contribution in [-0.4, -0.2) is 25.1 Å². The summed E-state index contributed by atoms with van der Waals surface area (Å²) in [7, 11) is 1.52. The van der Waals surface area contributed by atoms with E-state index in [-0.39, 0.29) is 17.6 Å². The zero-order valence-corrected chi connectivity index (χ0v) is 18.0. The molecule has 0 spiro atoms. The highest BCUT2D eigenvalue weighted by Gasteiger charge is 2.46. The molecule has 0 atom stereocenters. The molecule has 3 fully saturated rings. The molecule has 3 aliphatic carbocycles. The normalized spacial score (nSPS) is 24.3. The largest absolute Gasteiger partial charge is 0.497 e. The van der Waals surface area contributed by atoms with Crippen LogP contribution in [-0.2, 0) is 6.61 Å². The van der Waals surface area contributed by atoms with E-state index in [1.54, 1.807) is 24.3 Å². The number of halogens is 3. The van der Waals surface area contributed by atoms with Crippen LogP contribution >= 0.6 is 0 Å². The molecule has 172 valence electrons. The van der Waals surface area contributed by atoms with Gasteiger partial charge in [-0.05, 0) is 67.7 Å². The second kappa shape index (κ2) is 8.65. The van der Waals surface area contributed by atoms with E-state index in [4.69, 9.17) is 15.2 Å². The van der Waals surface area contributed by atoms with Crippen molar-refractivity contribution < 1.29 is 27.4 Å². The number of fused-ring (bicyclic) bond motifs is 3. The number of ether oxygens (including phenoxy) is 2. The van der Waals surface area contributed by atoms with E-state index in [0.717, 1.165) is 38.5 Å². The van der Waals surface area contributed by atoms with Gasteiger partial charge in [-0.2, -0.15) is 4.39 Å². The van der Waals surface area contributed by atoms with Gasteiger partial charge >= 0.3 is 0 Å². The Morgan fingerprint density at radius 1 is 1.03 bits per heavy atom. The van der Waals surface area contributed by atoms with Crippen molar-refractivity contribution in [3.8, 4) is 11.5 Å². The molecule has 0 radical (unpaired) electrons. The molecule has 32 heavy (non-hydrogen) atoms. The first-order valence-corrected chi connectivity index (χ1v) is 10.7. The predicted molar refractivity (Wildman–Crippen MR) is 113 cm³/mol. The van der Waals surface area contributed by atoms with Crippen LogP contribution in [0.25, 0.3) is 0 Å². The minimum Gasteiger partial charge on any atom is -0.497 e. The lowest BCUT2D eigenvalue weighted by Crippen LogP contribution is -2.54. The molecule has 5 nitrogen and oxygen atoms in total. The molecule has 1 amide bonds. The van der Waals surface area contributed by atoms with Crippen LogP contribution in [0.3, 0.4) is 0 Å². The molecule has 0 heterocycles. The SMILES string of the molecule is COc1ccc(COc2c(F)cc(C(=O)NC[C@]34CC[C@](N)(CC3)CC4)c(F)c2F)cc1. The van der Waals surface area contributed by atoms with E-state index >= 15 is 0 Å². The predicted octanol–water partition coefficient (Wildman–Crippen LogP) is 4.47. The van der Waals surface area contributed by atoms with E-state index in [2.05, 4.69) is 5.32 Å². The van der Waals surface area contributed by atoms with Crippen molar-refractivity contribution in [3.05, 3.63) is 58.9 Å². The molecule has 0 aliphatic heterocycles. The molecule has 8 heteroatoms. The zero-order valence-electron chi connectivity index (χ0n) is 18.0. The Balaban J connectivity index is 1.42. The van der Waals surface area contributed by atoms with Gasteiger partial charge in [0.15, 0.2) is 17.4 Å². The summed E-state index contributed by atoms with van der Waals surface area (Å²) in [4.78, 5) is 12.5. The number of carbonyl (C=O) groups excluding carboxylic acids is 1. The monoisotopic (exact) mass is 448 g/mol. The number of hydrogen-bond donors (Lipinski definition) is 2. The number of amides is 1. The third-order valence-electron chi connectivity index (χ3n) is 6.99. The van der Waals surface area contributed by atoms with Crippen LogP contribution in [0.15, 0.2) is 30.3 Å². The molecule has 0 saturated heterocycles. The van der Waals surface area contributed by atoms with Crippen molar-refractivity contribution in [2.45, 2.75) is 50.7 Å². The topological polar surface area (TPSA) is 73.6 Å². The zero-order chi connectivity index (χ0) is 22.9. The Morgan fingerprint density at radius 2 is 1.66 bits per heavy atom. The van der Waals surface area contributed by atoms with Gasteiger partial charge in [-0.15, -0.1) is 0 Å². The molecule has 2 aromatic carbocycles. The van der Waals surface area contributed by atoms with Crippen molar-refractivity contribution in [3.63, 3.8) is 0 Å². The Kier molecular flexibility index (Phi) is 6.07. The van der Waals surface area contributed by atoms with E-state index < -0.39 is 34.7 Å². The summed E-state index contributed by atoms with van der Waals surface area (Å²) in [5.41, 5.74) is 6.07. The quantitative estimate of drug-likeness (QED) is 0.613. The van der Waals surface area contributed by atoms with Crippen LogP contribution < -0.4 is 20.5 Å². The Hall–Kier alpha value is -2.74. The number of carbonyl (C=O) groups is 1. The lowest BCUT2D eigenvalue weighted by Gasteiger charge is -2.52. The number of nitrogens with two attached hydrogens (primary N) is 1. The first kappa shape index (κ1) is 22.5. The van der Waals surface area contributed by atoms with Gasteiger partial charge in [-0.1, -0.05) is 12.1 Å². The number of nitrogens with one attached hydrogen (secondary N) is 1. The van der Waals surface area contributed by atoms with Gasteiger partial charge in [0.25, 0.3) is 5.91 Å². The summed E-state index contributed by atoms with van der Waals surface area (Å²) in [6, 6.07) is 7.35. The summed E-state index contributed by atoms with van der Waals surface area (Å²) in [6.07, 6.45) is 5.32. The van der Waals surface area contributed by atoms with Gasteiger partial charge < -0.3 is 20.5 Å². The summed E-state index contributed by atoms with van der Waals surface area (Å²) in [5.74, 6) is -5.16. The van der Waals surface area contributed by atoms with Crippen molar-refractivity contribution >= 4 is 5.91 Å². The molecule has 3 saturated carbocycles. The van der Waals surface area contributed by atoms with Crippen LogP contribution in [0.2, 0.25) is 0 Å². The highest BCUT2D eigenvalue weighted by atomic mass is 19.2. The van der Waals surface area contributed by atoms with Gasteiger partial charge in [0, 0.05) is 12.1 Å². The number of hydrogen-bond acceptors (Lipinski definition) is 4. The number of methoxy groups -OCH3 is 1. The number of rotatable bonds is 7. The molecule has 3 aliphatic rings. The third kappa shape index (κ3) is 4.41. The first-order chi connectivity index (χ1) is 15.2. The van der Waals surface area contributed by atoms with Crippen molar-refractivity contribution in [2.75, 3.05) is 13.7 Å². The molecule has 0 unspecified atom stereocenters. The maximum Gasteiger partial charge on any atom is 0.254 e. The fourth-order valence-electron chi connectivity index (χ4n) is 4.67. The van der Waals surface area contributed by atoms with Crippen LogP contribution in [0.4, 0.5) is 13.2 Å². The lowest BCUT2D eigenvalue weighted by molar-refractivity contribution is 0.0430. The molecule has 2 aromatic rings. The number of benzene rings is 2. The average molecular weight is 448 g/mol. The highest BCUT2D eigenvalue weighted by molar-refractivity contribution is 5.94.